The first-order chi connectivity index (χ1) is 5.25. The Morgan fingerprint density at radius 3 is 2.91 bits per heavy atom. The number of thiocarbonyl (C=S) groups is 1. The van der Waals surface area contributed by atoms with Crippen LogP contribution >= 0.6 is 12.2 Å². The molecule has 0 saturated heterocycles. The molecule has 0 aliphatic heterocycles. The molecule has 0 unspecified atom stereocenters. The number of anilines is 1. The monoisotopic (exact) mass is 168 g/mol. The van der Waals surface area contributed by atoms with Gasteiger partial charge in [0.25, 0.3) is 0 Å². The summed E-state index contributed by atoms with van der Waals surface area (Å²) in [6, 6.07) is 4.78. The van der Waals surface area contributed by atoms with Gasteiger partial charge in [-0.1, -0.05) is 18.3 Å². The molecule has 0 bridgehead atoms. The maximum absolute atomic E-state index is 12.8. The van der Waals surface area contributed by atoms with Crippen molar-refractivity contribution in [3.63, 3.8) is 0 Å². The number of halogens is 1. The van der Waals surface area contributed by atoms with Crippen LogP contribution in [0.1, 0.15) is 5.56 Å². The number of nitrogens with one attached hydrogen (secondary N) is 1. The second-order valence-electron chi connectivity index (χ2n) is 2.14. The molecule has 1 radical (unpaired) electrons. The van der Waals surface area contributed by atoms with Gasteiger partial charge in [0.15, 0.2) is 0 Å². The Morgan fingerprint density at radius 1 is 1.55 bits per heavy atom. The van der Waals surface area contributed by atoms with Gasteiger partial charge in [0.2, 0.25) is 0 Å². The van der Waals surface area contributed by atoms with E-state index < -0.39 is 0 Å². The molecule has 1 rings (SSSR count). The van der Waals surface area contributed by atoms with Crippen LogP contribution in [0, 0.1) is 12.7 Å². The van der Waals surface area contributed by atoms with Gasteiger partial charge in [0, 0.05) is 11.3 Å². The summed E-state index contributed by atoms with van der Waals surface area (Å²) in [5.74, 6) is -0.236. The molecule has 0 aliphatic carbocycles. The molecule has 0 aliphatic rings. The van der Waals surface area contributed by atoms with Gasteiger partial charge in [-0.2, -0.15) is 0 Å². The Hall–Kier alpha value is -0.960. The standard InChI is InChI=1S/C8H7FNS/c1-6-7(9)3-2-4-8(6)10-5-11/h2-4H,1H3,(H,10,11). The van der Waals surface area contributed by atoms with Crippen molar-refractivity contribution in [2.75, 3.05) is 5.32 Å². The van der Waals surface area contributed by atoms with E-state index in [4.69, 9.17) is 0 Å². The van der Waals surface area contributed by atoms with Crippen molar-refractivity contribution in [1.82, 2.24) is 0 Å². The van der Waals surface area contributed by atoms with Crippen LogP contribution in [0.25, 0.3) is 0 Å². The largest absolute Gasteiger partial charge is 0.344 e. The molecule has 0 spiro atoms. The molecule has 0 saturated carbocycles. The highest BCUT2D eigenvalue weighted by Crippen LogP contribution is 2.16. The average Bonchev–Trinajstić information content (AvgIpc) is 1.99. The number of rotatable bonds is 2. The maximum atomic E-state index is 12.8. The highest BCUT2D eigenvalue weighted by atomic mass is 32.1. The summed E-state index contributed by atoms with van der Waals surface area (Å²) >= 11 is 4.45. The summed E-state index contributed by atoms with van der Waals surface area (Å²) in [4.78, 5) is 0. The van der Waals surface area contributed by atoms with Crippen LogP contribution in [0.4, 0.5) is 10.1 Å². The average molecular weight is 168 g/mol. The lowest BCUT2D eigenvalue weighted by molar-refractivity contribution is 0.619. The Kier molecular flexibility index (Phi) is 2.54. The van der Waals surface area contributed by atoms with Crippen LogP contribution in [0.2, 0.25) is 0 Å². The summed E-state index contributed by atoms with van der Waals surface area (Å²) in [6.07, 6.45) is 0. The van der Waals surface area contributed by atoms with Gasteiger partial charge in [0.1, 0.15) is 11.3 Å². The smallest absolute Gasteiger partial charge is 0.138 e. The van der Waals surface area contributed by atoms with E-state index in [1.165, 1.54) is 6.07 Å². The summed E-state index contributed by atoms with van der Waals surface area (Å²) in [6.45, 7) is 1.68. The molecule has 0 aromatic heterocycles. The molecule has 0 fully saturated rings. The molecule has 3 heteroatoms. The van der Waals surface area contributed by atoms with Crippen molar-refractivity contribution >= 4 is 23.4 Å². The molecular weight excluding hydrogens is 161 g/mol. The third-order valence-electron chi connectivity index (χ3n) is 1.45. The Labute approximate surface area is 70.2 Å². The van der Waals surface area contributed by atoms with Gasteiger partial charge in [-0.3, -0.25) is 0 Å². The van der Waals surface area contributed by atoms with E-state index in [1.54, 1.807) is 19.1 Å². The van der Waals surface area contributed by atoms with E-state index in [9.17, 15) is 4.39 Å². The second kappa shape index (κ2) is 3.44. The molecule has 0 amide bonds. The predicted octanol–water partition coefficient (Wildman–Crippen LogP) is 2.38. The zero-order valence-corrected chi connectivity index (χ0v) is 6.83. The van der Waals surface area contributed by atoms with Gasteiger partial charge in [-0.15, -0.1) is 0 Å². The topological polar surface area (TPSA) is 12.0 Å². The molecule has 1 aromatic carbocycles. The van der Waals surface area contributed by atoms with Crippen molar-refractivity contribution in [3.8, 4) is 0 Å². The minimum atomic E-state index is -0.236. The van der Waals surface area contributed by atoms with Crippen LogP contribution in [-0.2, 0) is 0 Å². The molecule has 0 atom stereocenters. The molecule has 57 valence electrons. The van der Waals surface area contributed by atoms with E-state index in [2.05, 4.69) is 23.0 Å². The quantitative estimate of drug-likeness (QED) is 0.537. The first-order valence-electron chi connectivity index (χ1n) is 3.14. The Balaban J connectivity index is 3.05. The van der Waals surface area contributed by atoms with Crippen molar-refractivity contribution < 1.29 is 4.39 Å². The SMILES string of the molecule is Cc1c(F)cccc1N[C]=S. The van der Waals surface area contributed by atoms with E-state index in [1.807, 2.05) is 0 Å². The number of hydrogen-bond acceptors (Lipinski definition) is 1. The van der Waals surface area contributed by atoms with Gasteiger partial charge < -0.3 is 5.32 Å². The summed E-state index contributed by atoms with van der Waals surface area (Å²) in [5.41, 5.74) is 3.55. The van der Waals surface area contributed by atoms with Crippen LogP contribution in [-0.4, -0.2) is 5.49 Å². The predicted molar refractivity (Wildman–Crippen MR) is 47.4 cm³/mol. The Morgan fingerprint density at radius 2 is 2.27 bits per heavy atom. The molecule has 1 nitrogen and oxygen atoms in total. The second-order valence-corrected chi connectivity index (χ2v) is 2.34. The summed E-state index contributed by atoms with van der Waals surface area (Å²) in [5, 5.41) is 2.64. The third kappa shape index (κ3) is 1.74. The maximum Gasteiger partial charge on any atom is 0.138 e. The molecular formula is C8H7FNS. The van der Waals surface area contributed by atoms with E-state index >= 15 is 0 Å². The fourth-order valence-electron chi connectivity index (χ4n) is 0.798. The first kappa shape index (κ1) is 8.14. The van der Waals surface area contributed by atoms with Gasteiger partial charge in [-0.05, 0) is 19.1 Å². The van der Waals surface area contributed by atoms with Crippen LogP contribution in [0.3, 0.4) is 0 Å². The lowest BCUT2D eigenvalue weighted by Gasteiger charge is -2.03. The molecule has 1 aromatic rings. The minimum absolute atomic E-state index is 0.236. The first-order valence-corrected chi connectivity index (χ1v) is 3.55. The highest BCUT2D eigenvalue weighted by molar-refractivity contribution is 7.79. The normalized spacial score (nSPS) is 9.27. The highest BCUT2D eigenvalue weighted by Gasteiger charge is 2.00. The van der Waals surface area contributed by atoms with E-state index in [-0.39, 0.29) is 5.82 Å². The lowest BCUT2D eigenvalue weighted by Crippen LogP contribution is -1.96. The molecule has 1 N–H and O–H groups in total. The van der Waals surface area contributed by atoms with Crippen molar-refractivity contribution in [1.29, 1.82) is 0 Å². The number of benzene rings is 1. The fraction of sp³-hybridized carbons (Fsp3) is 0.125. The Bertz CT molecular complexity index is 273. The van der Waals surface area contributed by atoms with Crippen molar-refractivity contribution in [2.45, 2.75) is 6.92 Å². The van der Waals surface area contributed by atoms with Crippen molar-refractivity contribution in [3.05, 3.63) is 29.6 Å². The minimum Gasteiger partial charge on any atom is -0.344 e. The van der Waals surface area contributed by atoms with Gasteiger partial charge in [-0.25, -0.2) is 4.39 Å². The van der Waals surface area contributed by atoms with Crippen LogP contribution in [0.5, 0.6) is 0 Å². The van der Waals surface area contributed by atoms with Crippen LogP contribution < -0.4 is 5.32 Å². The lowest BCUT2D eigenvalue weighted by atomic mass is 10.2. The summed E-state index contributed by atoms with van der Waals surface area (Å²) < 4.78 is 12.8. The molecule has 11 heavy (non-hydrogen) atoms. The van der Waals surface area contributed by atoms with Gasteiger partial charge >= 0.3 is 0 Å². The van der Waals surface area contributed by atoms with E-state index in [0.29, 0.717) is 11.3 Å². The fourth-order valence-corrected chi connectivity index (χ4v) is 0.908. The third-order valence-corrected chi connectivity index (χ3v) is 1.56. The van der Waals surface area contributed by atoms with E-state index in [0.717, 1.165) is 0 Å². The zero-order valence-electron chi connectivity index (χ0n) is 6.02. The van der Waals surface area contributed by atoms with Crippen molar-refractivity contribution in [2.24, 2.45) is 0 Å². The molecule has 0 heterocycles. The number of hydrogen-bond donors (Lipinski definition) is 1. The zero-order chi connectivity index (χ0) is 8.27. The van der Waals surface area contributed by atoms with Gasteiger partial charge in [0.05, 0.1) is 0 Å². The summed E-state index contributed by atoms with van der Waals surface area (Å²) in [7, 11) is 0. The van der Waals surface area contributed by atoms with Crippen LogP contribution in [0.15, 0.2) is 18.2 Å².